The Morgan fingerprint density at radius 1 is 1.24 bits per heavy atom. The second-order valence-electron chi connectivity index (χ2n) is 4.83. The number of carbonyl (C=O) groups excluding carboxylic acids is 1. The summed E-state index contributed by atoms with van der Waals surface area (Å²) >= 11 is 11.7. The normalized spacial score (nSPS) is 10.7. The van der Waals surface area contributed by atoms with Crippen molar-refractivity contribution in [2.75, 3.05) is 17.2 Å². The molecule has 2 N–H and O–H groups in total. The van der Waals surface area contributed by atoms with E-state index in [0.29, 0.717) is 33.8 Å². The summed E-state index contributed by atoms with van der Waals surface area (Å²) in [6.07, 6.45) is 1.32. The summed E-state index contributed by atoms with van der Waals surface area (Å²) in [4.78, 5) is 12.2. The predicted molar refractivity (Wildman–Crippen MR) is 100 cm³/mol. The summed E-state index contributed by atoms with van der Waals surface area (Å²) < 4.78 is 5.48. The number of nitrogens with zero attached hydrogens (tertiary/aromatic N) is 1. The van der Waals surface area contributed by atoms with Crippen molar-refractivity contribution in [3.63, 3.8) is 0 Å². The van der Waals surface area contributed by atoms with Crippen molar-refractivity contribution >= 4 is 40.5 Å². The monoisotopic (exact) mass is 375 g/mol. The Hall–Kier alpha value is -2.68. The molecule has 0 fully saturated rings. The smallest absolute Gasteiger partial charge is 0.267 e. The van der Waals surface area contributed by atoms with Gasteiger partial charge in [0.05, 0.1) is 22.3 Å². The van der Waals surface area contributed by atoms with Crippen molar-refractivity contribution in [1.82, 2.24) is 0 Å². The molecular weight excluding hydrogens is 361 g/mol. The third kappa shape index (κ3) is 5.15. The van der Waals surface area contributed by atoms with E-state index in [2.05, 4.69) is 10.6 Å². The average molecular weight is 376 g/mol. The molecule has 0 atom stereocenters. The van der Waals surface area contributed by atoms with Crippen LogP contribution in [-0.4, -0.2) is 12.5 Å². The molecule has 0 aromatic heterocycles. The summed E-state index contributed by atoms with van der Waals surface area (Å²) in [5.74, 6) is 0.0608. The number of para-hydroxylation sites is 2. The van der Waals surface area contributed by atoms with Gasteiger partial charge in [-0.15, -0.1) is 0 Å². The van der Waals surface area contributed by atoms with Gasteiger partial charge in [-0.3, -0.25) is 4.79 Å². The molecule has 0 aliphatic carbocycles. The summed E-state index contributed by atoms with van der Waals surface area (Å²) in [6.45, 7) is 2.38. The minimum atomic E-state index is -0.567. The van der Waals surface area contributed by atoms with E-state index in [9.17, 15) is 10.1 Å². The molecule has 2 rings (SSSR count). The topological polar surface area (TPSA) is 74.1 Å². The zero-order valence-electron chi connectivity index (χ0n) is 13.3. The van der Waals surface area contributed by atoms with E-state index in [1.807, 2.05) is 25.1 Å². The molecule has 0 saturated heterocycles. The first kappa shape index (κ1) is 18.7. The summed E-state index contributed by atoms with van der Waals surface area (Å²) in [5, 5.41) is 15.4. The highest BCUT2D eigenvalue weighted by molar-refractivity contribution is 6.42. The molecule has 0 bridgehead atoms. The van der Waals surface area contributed by atoms with Gasteiger partial charge in [0, 0.05) is 11.9 Å². The van der Waals surface area contributed by atoms with Gasteiger partial charge >= 0.3 is 0 Å². The molecule has 2 aromatic carbocycles. The fourth-order valence-corrected chi connectivity index (χ4v) is 2.24. The van der Waals surface area contributed by atoms with Gasteiger partial charge < -0.3 is 15.4 Å². The molecule has 0 saturated carbocycles. The highest BCUT2D eigenvalue weighted by Gasteiger charge is 2.11. The molecule has 128 valence electrons. The zero-order valence-corrected chi connectivity index (χ0v) is 14.9. The average Bonchev–Trinajstić information content (AvgIpc) is 2.60. The Kier molecular flexibility index (Phi) is 6.70. The van der Waals surface area contributed by atoms with Crippen LogP contribution < -0.4 is 15.4 Å². The Morgan fingerprint density at radius 2 is 2.00 bits per heavy atom. The quantitative estimate of drug-likeness (QED) is 0.558. The van der Waals surface area contributed by atoms with E-state index in [-0.39, 0.29) is 5.57 Å². The number of carbonyl (C=O) groups is 1. The van der Waals surface area contributed by atoms with E-state index in [4.69, 9.17) is 27.9 Å². The van der Waals surface area contributed by atoms with Crippen LogP contribution in [0, 0.1) is 11.3 Å². The number of anilines is 2. The number of nitrogens with one attached hydrogen (secondary N) is 2. The van der Waals surface area contributed by atoms with Gasteiger partial charge in [0.15, 0.2) is 0 Å². The Bertz CT molecular complexity index is 844. The van der Waals surface area contributed by atoms with Crippen molar-refractivity contribution in [2.45, 2.75) is 6.92 Å². The van der Waals surface area contributed by atoms with Crippen LogP contribution in [-0.2, 0) is 4.79 Å². The van der Waals surface area contributed by atoms with E-state index in [0.717, 1.165) is 0 Å². The Labute approximate surface area is 155 Å². The van der Waals surface area contributed by atoms with Crippen LogP contribution in [0.2, 0.25) is 10.0 Å². The third-order valence-corrected chi connectivity index (χ3v) is 3.84. The largest absolute Gasteiger partial charge is 0.492 e. The molecule has 0 heterocycles. The van der Waals surface area contributed by atoms with E-state index in [1.54, 1.807) is 24.3 Å². The van der Waals surface area contributed by atoms with Gasteiger partial charge in [-0.2, -0.15) is 5.26 Å². The Balaban J connectivity index is 2.13. The maximum atomic E-state index is 12.2. The second-order valence-corrected chi connectivity index (χ2v) is 5.64. The molecule has 0 radical (unpaired) electrons. The van der Waals surface area contributed by atoms with Crippen LogP contribution in [0.4, 0.5) is 11.4 Å². The van der Waals surface area contributed by atoms with Crippen molar-refractivity contribution in [3.8, 4) is 11.8 Å². The van der Waals surface area contributed by atoms with Crippen LogP contribution in [0.25, 0.3) is 0 Å². The van der Waals surface area contributed by atoms with Gasteiger partial charge in [-0.05, 0) is 37.3 Å². The van der Waals surface area contributed by atoms with Gasteiger partial charge in [-0.1, -0.05) is 35.3 Å². The SMILES string of the molecule is CCOc1ccccc1N/C=C(/C#N)C(=O)Nc1ccc(Cl)c(Cl)c1. The lowest BCUT2D eigenvalue weighted by atomic mass is 10.2. The van der Waals surface area contributed by atoms with Crippen LogP contribution >= 0.6 is 23.2 Å². The fourth-order valence-electron chi connectivity index (χ4n) is 1.94. The van der Waals surface area contributed by atoms with Crippen LogP contribution in [0.1, 0.15) is 6.92 Å². The van der Waals surface area contributed by atoms with Crippen LogP contribution in [0.5, 0.6) is 5.75 Å². The molecule has 0 unspecified atom stereocenters. The number of benzene rings is 2. The minimum absolute atomic E-state index is 0.0997. The van der Waals surface area contributed by atoms with Crippen molar-refractivity contribution in [3.05, 3.63) is 64.3 Å². The molecule has 7 heteroatoms. The predicted octanol–water partition coefficient (Wildman–Crippen LogP) is 4.85. The van der Waals surface area contributed by atoms with Gasteiger partial charge in [0.2, 0.25) is 0 Å². The first-order valence-corrected chi connectivity index (χ1v) is 8.15. The second kappa shape index (κ2) is 8.97. The van der Waals surface area contributed by atoms with Gasteiger partial charge in [-0.25, -0.2) is 0 Å². The Morgan fingerprint density at radius 3 is 2.68 bits per heavy atom. The molecule has 0 aliphatic rings. The molecule has 2 aromatic rings. The minimum Gasteiger partial charge on any atom is -0.492 e. The van der Waals surface area contributed by atoms with E-state index in [1.165, 1.54) is 12.3 Å². The van der Waals surface area contributed by atoms with Crippen molar-refractivity contribution < 1.29 is 9.53 Å². The lowest BCUT2D eigenvalue weighted by Gasteiger charge is -2.10. The summed E-state index contributed by atoms with van der Waals surface area (Å²) in [6, 6.07) is 13.8. The highest BCUT2D eigenvalue weighted by atomic mass is 35.5. The number of nitriles is 1. The van der Waals surface area contributed by atoms with E-state index < -0.39 is 5.91 Å². The lowest BCUT2D eigenvalue weighted by Crippen LogP contribution is -2.14. The number of hydrogen-bond acceptors (Lipinski definition) is 4. The number of rotatable bonds is 6. The summed E-state index contributed by atoms with van der Waals surface area (Å²) in [5.41, 5.74) is 0.993. The molecule has 25 heavy (non-hydrogen) atoms. The van der Waals surface area contributed by atoms with Gasteiger partial charge in [0.1, 0.15) is 17.4 Å². The highest BCUT2D eigenvalue weighted by Crippen LogP contribution is 2.26. The molecule has 0 aliphatic heterocycles. The molecule has 1 amide bonds. The maximum absolute atomic E-state index is 12.2. The van der Waals surface area contributed by atoms with Gasteiger partial charge in [0.25, 0.3) is 5.91 Å². The van der Waals surface area contributed by atoms with Crippen molar-refractivity contribution in [1.29, 1.82) is 5.26 Å². The third-order valence-electron chi connectivity index (χ3n) is 3.10. The number of amides is 1. The van der Waals surface area contributed by atoms with Crippen molar-refractivity contribution in [2.24, 2.45) is 0 Å². The fraction of sp³-hybridized carbons (Fsp3) is 0.111. The summed E-state index contributed by atoms with van der Waals surface area (Å²) in [7, 11) is 0. The number of hydrogen-bond donors (Lipinski definition) is 2. The van der Waals surface area contributed by atoms with Crippen LogP contribution in [0.3, 0.4) is 0 Å². The first-order valence-electron chi connectivity index (χ1n) is 7.40. The zero-order chi connectivity index (χ0) is 18.2. The maximum Gasteiger partial charge on any atom is 0.267 e. The van der Waals surface area contributed by atoms with E-state index >= 15 is 0 Å². The first-order chi connectivity index (χ1) is 12.0. The molecule has 0 spiro atoms. The molecule has 5 nitrogen and oxygen atoms in total. The van der Waals surface area contributed by atoms with Crippen LogP contribution in [0.15, 0.2) is 54.2 Å². The lowest BCUT2D eigenvalue weighted by molar-refractivity contribution is -0.112. The standard InChI is InChI=1S/C18H15Cl2N3O2/c1-2-25-17-6-4-3-5-16(17)22-11-12(10-21)18(24)23-13-7-8-14(19)15(20)9-13/h3-9,11,22H,2H2,1H3,(H,23,24)/b12-11-. The number of halogens is 2. The number of ether oxygens (including phenoxy) is 1. The molecular formula is C18H15Cl2N3O2.